The summed E-state index contributed by atoms with van der Waals surface area (Å²) in [4.78, 5) is 13.8. The number of methoxy groups -OCH3 is 1. The first-order valence-electron chi connectivity index (χ1n) is 9.56. The Balaban J connectivity index is 1.75. The standard InChI is InChI=1S/C23H23N5O/c1-29-15-14-24-22-21-23(26-17-25-22)28(16-19-10-6-3-7-11-19)20(27-21)13-12-18-8-4-2-5-9-18/h2-13,17H,14-16H2,1H3,(H,24,25,26)/b13-12+. The monoisotopic (exact) mass is 385 g/mol. The number of aromatic nitrogens is 4. The summed E-state index contributed by atoms with van der Waals surface area (Å²) in [5, 5.41) is 3.29. The van der Waals surface area contributed by atoms with Gasteiger partial charge in [0.1, 0.15) is 12.2 Å². The molecule has 0 radical (unpaired) electrons. The van der Waals surface area contributed by atoms with Crippen LogP contribution < -0.4 is 5.32 Å². The number of fused-ring (bicyclic) bond motifs is 1. The number of hydrogen-bond acceptors (Lipinski definition) is 5. The maximum Gasteiger partial charge on any atom is 0.166 e. The number of anilines is 1. The molecule has 0 amide bonds. The van der Waals surface area contributed by atoms with Crippen molar-refractivity contribution in [3.63, 3.8) is 0 Å². The lowest BCUT2D eigenvalue weighted by Crippen LogP contribution is -2.09. The van der Waals surface area contributed by atoms with Crippen LogP contribution in [-0.2, 0) is 11.3 Å². The second kappa shape index (κ2) is 9.12. The molecule has 0 saturated carbocycles. The fraction of sp³-hybridized carbons (Fsp3) is 0.174. The largest absolute Gasteiger partial charge is 0.383 e. The number of nitrogens with zero attached hydrogens (tertiary/aromatic N) is 4. The molecule has 4 rings (SSSR count). The maximum absolute atomic E-state index is 5.13. The van der Waals surface area contributed by atoms with Crippen molar-refractivity contribution in [1.29, 1.82) is 0 Å². The average molecular weight is 385 g/mol. The smallest absolute Gasteiger partial charge is 0.166 e. The maximum atomic E-state index is 5.13. The van der Waals surface area contributed by atoms with Crippen LogP contribution in [0.1, 0.15) is 17.0 Å². The molecule has 29 heavy (non-hydrogen) atoms. The molecule has 2 aromatic heterocycles. The van der Waals surface area contributed by atoms with Gasteiger partial charge in [-0.15, -0.1) is 0 Å². The summed E-state index contributed by atoms with van der Waals surface area (Å²) in [6, 6.07) is 20.5. The van der Waals surface area contributed by atoms with Gasteiger partial charge in [-0.25, -0.2) is 15.0 Å². The van der Waals surface area contributed by atoms with Gasteiger partial charge in [0.05, 0.1) is 13.2 Å². The summed E-state index contributed by atoms with van der Waals surface area (Å²) in [6.45, 7) is 1.93. The molecule has 1 N–H and O–H groups in total. The Kier molecular flexibility index (Phi) is 5.92. The van der Waals surface area contributed by atoms with Gasteiger partial charge in [-0.3, -0.25) is 0 Å². The summed E-state index contributed by atoms with van der Waals surface area (Å²) in [5.41, 5.74) is 3.87. The second-order valence-corrected chi connectivity index (χ2v) is 6.60. The number of ether oxygens (including phenoxy) is 1. The minimum absolute atomic E-state index is 0.594. The molecule has 6 nitrogen and oxygen atoms in total. The Hall–Kier alpha value is -3.51. The SMILES string of the molecule is COCCNc1ncnc2c1nc(/C=C/c1ccccc1)n2Cc1ccccc1. The third kappa shape index (κ3) is 4.50. The number of hydrogen-bond donors (Lipinski definition) is 1. The third-order valence-electron chi connectivity index (χ3n) is 4.57. The molecule has 0 atom stereocenters. The van der Waals surface area contributed by atoms with Gasteiger partial charge in [-0.05, 0) is 17.2 Å². The Labute approximate surface area is 169 Å². The van der Waals surface area contributed by atoms with Crippen molar-refractivity contribution in [3.8, 4) is 0 Å². The Morgan fingerprint density at radius 1 is 0.966 bits per heavy atom. The van der Waals surface area contributed by atoms with E-state index >= 15 is 0 Å². The number of benzene rings is 2. The Morgan fingerprint density at radius 3 is 2.48 bits per heavy atom. The predicted octanol–water partition coefficient (Wildman–Crippen LogP) is 4.10. The molecule has 0 unspecified atom stereocenters. The quantitative estimate of drug-likeness (QED) is 0.463. The Morgan fingerprint density at radius 2 is 1.72 bits per heavy atom. The van der Waals surface area contributed by atoms with Gasteiger partial charge >= 0.3 is 0 Å². The molecule has 6 heteroatoms. The van der Waals surface area contributed by atoms with Gasteiger partial charge in [0.25, 0.3) is 0 Å². The van der Waals surface area contributed by atoms with Gasteiger partial charge in [0.15, 0.2) is 17.0 Å². The summed E-state index contributed by atoms with van der Waals surface area (Å²) in [5.74, 6) is 1.55. The van der Waals surface area contributed by atoms with Crippen molar-refractivity contribution >= 4 is 29.1 Å². The molecule has 0 saturated heterocycles. The van der Waals surface area contributed by atoms with Crippen LogP contribution in [0.25, 0.3) is 23.3 Å². The number of imidazole rings is 1. The molecule has 4 aromatic rings. The fourth-order valence-electron chi connectivity index (χ4n) is 3.14. The highest BCUT2D eigenvalue weighted by molar-refractivity contribution is 5.85. The van der Waals surface area contributed by atoms with Crippen LogP contribution >= 0.6 is 0 Å². The van der Waals surface area contributed by atoms with Gasteiger partial charge in [0, 0.05) is 13.7 Å². The Bertz CT molecular complexity index is 1090. The zero-order valence-corrected chi connectivity index (χ0v) is 16.3. The highest BCUT2D eigenvalue weighted by Crippen LogP contribution is 2.22. The highest BCUT2D eigenvalue weighted by Gasteiger charge is 2.14. The zero-order valence-electron chi connectivity index (χ0n) is 16.3. The minimum Gasteiger partial charge on any atom is -0.383 e. The van der Waals surface area contributed by atoms with Gasteiger partial charge in [-0.1, -0.05) is 66.7 Å². The van der Waals surface area contributed by atoms with Crippen molar-refractivity contribution in [2.24, 2.45) is 0 Å². The van der Waals surface area contributed by atoms with Crippen molar-refractivity contribution in [1.82, 2.24) is 19.5 Å². The van der Waals surface area contributed by atoms with Crippen LogP contribution in [-0.4, -0.2) is 39.8 Å². The summed E-state index contributed by atoms with van der Waals surface area (Å²) in [6.07, 6.45) is 5.67. The van der Waals surface area contributed by atoms with Crippen molar-refractivity contribution in [3.05, 3.63) is 83.9 Å². The van der Waals surface area contributed by atoms with Crippen LogP contribution in [0.3, 0.4) is 0 Å². The summed E-state index contributed by atoms with van der Waals surface area (Å²) < 4.78 is 7.25. The first-order valence-corrected chi connectivity index (χ1v) is 9.56. The molecule has 0 aliphatic rings. The van der Waals surface area contributed by atoms with E-state index in [2.05, 4.69) is 50.2 Å². The zero-order chi connectivity index (χ0) is 19.9. The normalized spacial score (nSPS) is 11.3. The molecule has 0 spiro atoms. The third-order valence-corrected chi connectivity index (χ3v) is 4.57. The van der Waals surface area contributed by atoms with Gasteiger partial charge in [-0.2, -0.15) is 0 Å². The first kappa shape index (κ1) is 18.8. The summed E-state index contributed by atoms with van der Waals surface area (Å²) in [7, 11) is 1.68. The number of nitrogens with one attached hydrogen (secondary N) is 1. The van der Waals surface area contributed by atoms with Crippen LogP contribution in [0.4, 0.5) is 5.82 Å². The van der Waals surface area contributed by atoms with E-state index in [9.17, 15) is 0 Å². The van der Waals surface area contributed by atoms with E-state index in [0.717, 1.165) is 22.6 Å². The lowest BCUT2D eigenvalue weighted by molar-refractivity contribution is 0.210. The lowest BCUT2D eigenvalue weighted by atomic mass is 10.2. The van der Waals surface area contributed by atoms with Crippen molar-refractivity contribution in [2.75, 3.05) is 25.6 Å². The average Bonchev–Trinajstić information content (AvgIpc) is 3.12. The van der Waals surface area contributed by atoms with E-state index in [0.29, 0.717) is 25.5 Å². The van der Waals surface area contributed by atoms with E-state index in [1.165, 1.54) is 5.56 Å². The molecular formula is C23H23N5O. The van der Waals surface area contributed by atoms with Crippen LogP contribution in [0.15, 0.2) is 67.0 Å². The predicted molar refractivity (Wildman–Crippen MR) is 117 cm³/mol. The highest BCUT2D eigenvalue weighted by atomic mass is 16.5. The van der Waals surface area contributed by atoms with Crippen LogP contribution in [0, 0.1) is 0 Å². The molecule has 2 heterocycles. The second-order valence-electron chi connectivity index (χ2n) is 6.60. The topological polar surface area (TPSA) is 64.9 Å². The van der Waals surface area contributed by atoms with E-state index in [1.54, 1.807) is 13.4 Å². The molecule has 0 fully saturated rings. The molecule has 0 bridgehead atoms. The van der Waals surface area contributed by atoms with E-state index in [1.807, 2.05) is 42.5 Å². The van der Waals surface area contributed by atoms with E-state index in [-0.39, 0.29) is 0 Å². The molecule has 0 aliphatic carbocycles. The number of rotatable bonds is 8. The molecular weight excluding hydrogens is 362 g/mol. The lowest BCUT2D eigenvalue weighted by Gasteiger charge is -2.07. The van der Waals surface area contributed by atoms with Gasteiger partial charge in [0.2, 0.25) is 0 Å². The van der Waals surface area contributed by atoms with E-state index in [4.69, 9.17) is 9.72 Å². The minimum atomic E-state index is 0.594. The van der Waals surface area contributed by atoms with Crippen molar-refractivity contribution in [2.45, 2.75) is 6.54 Å². The molecule has 0 aliphatic heterocycles. The summed E-state index contributed by atoms with van der Waals surface area (Å²) >= 11 is 0. The van der Waals surface area contributed by atoms with Gasteiger partial charge < -0.3 is 14.6 Å². The van der Waals surface area contributed by atoms with Crippen molar-refractivity contribution < 1.29 is 4.74 Å². The van der Waals surface area contributed by atoms with Crippen LogP contribution in [0.5, 0.6) is 0 Å². The van der Waals surface area contributed by atoms with E-state index < -0.39 is 0 Å². The molecule has 146 valence electrons. The fourth-order valence-corrected chi connectivity index (χ4v) is 3.14. The van der Waals surface area contributed by atoms with Crippen LogP contribution in [0.2, 0.25) is 0 Å². The molecule has 2 aromatic carbocycles. The first-order chi connectivity index (χ1) is 14.3.